The van der Waals surface area contributed by atoms with Gasteiger partial charge in [-0.15, -0.1) is 0 Å². The first-order valence-corrected chi connectivity index (χ1v) is 8.96. The summed E-state index contributed by atoms with van der Waals surface area (Å²) < 4.78 is 0. The predicted molar refractivity (Wildman–Crippen MR) is 90.7 cm³/mol. The van der Waals surface area contributed by atoms with Gasteiger partial charge in [0.1, 0.15) is 0 Å². The van der Waals surface area contributed by atoms with Gasteiger partial charge in [0.25, 0.3) is 0 Å². The van der Waals surface area contributed by atoms with Crippen molar-refractivity contribution in [1.82, 2.24) is 10.2 Å². The van der Waals surface area contributed by atoms with Crippen molar-refractivity contribution in [2.75, 3.05) is 37.7 Å². The van der Waals surface area contributed by atoms with Crippen molar-refractivity contribution in [3.63, 3.8) is 0 Å². The highest BCUT2D eigenvalue weighted by Crippen LogP contribution is 2.21. The molecule has 0 spiro atoms. The maximum atomic E-state index is 3.66. The Bertz CT molecular complexity index is 393. The van der Waals surface area contributed by atoms with Crippen LogP contribution in [-0.2, 0) is 0 Å². The van der Waals surface area contributed by atoms with E-state index in [0.717, 1.165) is 6.54 Å². The number of nitrogens with zero attached hydrogens (tertiary/aromatic N) is 1. The summed E-state index contributed by atoms with van der Waals surface area (Å²) in [6.45, 7) is 11.4. The Kier molecular flexibility index (Phi) is 6.40. The highest BCUT2D eigenvalue weighted by Gasteiger charge is 2.15. The zero-order chi connectivity index (χ0) is 14.4. The third-order valence-corrected chi connectivity index (χ3v) is 4.88. The summed E-state index contributed by atoms with van der Waals surface area (Å²) in [7, 11) is 0. The molecule has 1 atom stereocenters. The summed E-state index contributed by atoms with van der Waals surface area (Å²) in [5.74, 6) is 2.60. The van der Waals surface area contributed by atoms with E-state index in [1.807, 2.05) is 0 Å². The predicted octanol–water partition coefficient (Wildman–Crippen LogP) is 3.39. The topological polar surface area (TPSA) is 15.3 Å². The van der Waals surface area contributed by atoms with E-state index in [0.29, 0.717) is 6.04 Å². The van der Waals surface area contributed by atoms with Crippen molar-refractivity contribution >= 4 is 11.8 Å². The van der Waals surface area contributed by atoms with Crippen LogP contribution in [0, 0.1) is 13.8 Å². The molecule has 0 saturated carbocycles. The van der Waals surface area contributed by atoms with E-state index in [1.165, 1.54) is 54.3 Å². The van der Waals surface area contributed by atoms with Crippen LogP contribution in [0.1, 0.15) is 36.1 Å². The first-order chi connectivity index (χ1) is 9.69. The van der Waals surface area contributed by atoms with E-state index in [-0.39, 0.29) is 0 Å². The average molecular weight is 292 g/mol. The van der Waals surface area contributed by atoms with Gasteiger partial charge in [-0.05, 0) is 32.4 Å². The van der Waals surface area contributed by atoms with Crippen molar-refractivity contribution in [2.45, 2.75) is 33.2 Å². The molecule has 1 heterocycles. The van der Waals surface area contributed by atoms with Crippen LogP contribution < -0.4 is 5.32 Å². The molecule has 2 rings (SSSR count). The van der Waals surface area contributed by atoms with Gasteiger partial charge in [0.05, 0.1) is 0 Å². The van der Waals surface area contributed by atoms with E-state index in [4.69, 9.17) is 0 Å². The molecule has 0 amide bonds. The molecule has 20 heavy (non-hydrogen) atoms. The van der Waals surface area contributed by atoms with Gasteiger partial charge in [0, 0.05) is 37.2 Å². The van der Waals surface area contributed by atoms with E-state index >= 15 is 0 Å². The Balaban J connectivity index is 1.98. The van der Waals surface area contributed by atoms with Gasteiger partial charge in [-0.2, -0.15) is 11.8 Å². The third-order valence-electron chi connectivity index (χ3n) is 3.93. The Morgan fingerprint density at radius 1 is 1.15 bits per heavy atom. The molecule has 2 nitrogen and oxygen atoms in total. The molecule has 1 aromatic rings. The quantitative estimate of drug-likeness (QED) is 0.865. The van der Waals surface area contributed by atoms with Crippen molar-refractivity contribution in [3.05, 3.63) is 34.9 Å². The fourth-order valence-electron chi connectivity index (χ4n) is 2.98. The third kappa shape index (κ3) is 4.80. The van der Waals surface area contributed by atoms with E-state index in [2.05, 4.69) is 60.9 Å². The Hall–Kier alpha value is -0.510. The number of aryl methyl sites for hydroxylation is 2. The smallest absolute Gasteiger partial charge is 0.0332 e. The highest BCUT2D eigenvalue weighted by atomic mass is 32.2. The van der Waals surface area contributed by atoms with Crippen LogP contribution in [0.4, 0.5) is 0 Å². The van der Waals surface area contributed by atoms with Crippen LogP contribution >= 0.6 is 11.8 Å². The SMILES string of the molecule is CCNC(CCN1CCSCC1)c1cc(C)cc(C)c1. The number of hydrogen-bond acceptors (Lipinski definition) is 3. The van der Waals surface area contributed by atoms with E-state index in [9.17, 15) is 0 Å². The minimum atomic E-state index is 0.494. The van der Waals surface area contributed by atoms with Gasteiger partial charge in [-0.1, -0.05) is 36.2 Å². The van der Waals surface area contributed by atoms with Crippen LogP contribution in [0.15, 0.2) is 18.2 Å². The lowest BCUT2D eigenvalue weighted by atomic mass is 9.99. The van der Waals surface area contributed by atoms with Gasteiger partial charge < -0.3 is 10.2 Å². The average Bonchev–Trinajstić information content (AvgIpc) is 2.43. The summed E-state index contributed by atoms with van der Waals surface area (Å²) in [4.78, 5) is 2.61. The van der Waals surface area contributed by atoms with Crippen LogP contribution in [0.25, 0.3) is 0 Å². The molecule has 0 bridgehead atoms. The second-order valence-corrected chi connectivity index (χ2v) is 7.00. The molecule has 1 aromatic carbocycles. The molecule has 1 aliphatic rings. The first-order valence-electron chi connectivity index (χ1n) is 7.80. The molecule has 1 N–H and O–H groups in total. The normalized spacial score (nSPS) is 18.1. The maximum absolute atomic E-state index is 3.66. The van der Waals surface area contributed by atoms with Gasteiger partial charge in [-0.25, -0.2) is 0 Å². The summed E-state index contributed by atoms with van der Waals surface area (Å²) >= 11 is 2.09. The minimum absolute atomic E-state index is 0.494. The van der Waals surface area contributed by atoms with Gasteiger partial charge >= 0.3 is 0 Å². The highest BCUT2D eigenvalue weighted by molar-refractivity contribution is 7.99. The summed E-state index contributed by atoms with van der Waals surface area (Å²) in [6.07, 6.45) is 1.21. The molecule has 0 aromatic heterocycles. The van der Waals surface area contributed by atoms with Crippen molar-refractivity contribution < 1.29 is 0 Å². The standard InChI is InChI=1S/C17H28N2S/c1-4-18-17(5-6-19-7-9-20-10-8-19)16-12-14(2)11-15(3)13-16/h11-13,17-18H,4-10H2,1-3H3. The van der Waals surface area contributed by atoms with Crippen LogP contribution in [-0.4, -0.2) is 42.6 Å². The molecular weight excluding hydrogens is 264 g/mol. The number of benzene rings is 1. The largest absolute Gasteiger partial charge is 0.310 e. The zero-order valence-corrected chi connectivity index (χ0v) is 13.9. The van der Waals surface area contributed by atoms with Gasteiger partial charge in [0.2, 0.25) is 0 Å². The zero-order valence-electron chi connectivity index (χ0n) is 13.1. The molecule has 112 valence electrons. The second kappa shape index (κ2) is 8.06. The van der Waals surface area contributed by atoms with E-state index in [1.54, 1.807) is 0 Å². The van der Waals surface area contributed by atoms with Crippen molar-refractivity contribution in [1.29, 1.82) is 0 Å². The lowest BCUT2D eigenvalue weighted by Crippen LogP contribution is -2.35. The van der Waals surface area contributed by atoms with Crippen LogP contribution in [0.3, 0.4) is 0 Å². The molecule has 0 aliphatic carbocycles. The minimum Gasteiger partial charge on any atom is -0.310 e. The summed E-state index contributed by atoms with van der Waals surface area (Å²) in [5, 5.41) is 3.66. The van der Waals surface area contributed by atoms with Crippen LogP contribution in [0.2, 0.25) is 0 Å². The maximum Gasteiger partial charge on any atom is 0.0332 e. The lowest BCUT2D eigenvalue weighted by Gasteiger charge is -2.28. The molecule has 1 aliphatic heterocycles. The van der Waals surface area contributed by atoms with E-state index < -0.39 is 0 Å². The molecule has 0 radical (unpaired) electrons. The van der Waals surface area contributed by atoms with Crippen molar-refractivity contribution in [3.8, 4) is 0 Å². The van der Waals surface area contributed by atoms with Gasteiger partial charge in [0.15, 0.2) is 0 Å². The molecule has 1 saturated heterocycles. The monoisotopic (exact) mass is 292 g/mol. The Morgan fingerprint density at radius 3 is 2.40 bits per heavy atom. The Labute approximate surface area is 128 Å². The van der Waals surface area contributed by atoms with Crippen molar-refractivity contribution in [2.24, 2.45) is 0 Å². The fourth-order valence-corrected chi connectivity index (χ4v) is 3.96. The first kappa shape index (κ1) is 15.9. The molecular formula is C17H28N2S. The Morgan fingerprint density at radius 2 is 1.80 bits per heavy atom. The molecule has 1 fully saturated rings. The number of nitrogens with one attached hydrogen (secondary N) is 1. The number of thioether (sulfide) groups is 1. The summed E-state index contributed by atoms with van der Waals surface area (Å²) in [5.41, 5.74) is 4.20. The second-order valence-electron chi connectivity index (χ2n) is 5.77. The number of hydrogen-bond donors (Lipinski definition) is 1. The fraction of sp³-hybridized carbons (Fsp3) is 0.647. The summed E-state index contributed by atoms with van der Waals surface area (Å²) in [6, 6.07) is 7.43. The number of rotatable bonds is 6. The van der Waals surface area contributed by atoms with Crippen LogP contribution in [0.5, 0.6) is 0 Å². The molecule has 1 unspecified atom stereocenters. The van der Waals surface area contributed by atoms with Gasteiger partial charge in [-0.3, -0.25) is 0 Å². The molecule has 3 heteroatoms. The lowest BCUT2D eigenvalue weighted by molar-refractivity contribution is 0.281.